The molecule has 62 heavy (non-hydrogen) atoms. The molecule has 17 nitrogen and oxygen atoms in total. The van der Waals surface area contributed by atoms with Crippen molar-refractivity contribution in [2.45, 2.75) is 78.0 Å². The molecule has 0 aliphatic carbocycles. The first-order valence-electron chi connectivity index (χ1n) is 20.7. The molecule has 0 radical (unpaired) electrons. The van der Waals surface area contributed by atoms with E-state index in [0.29, 0.717) is 57.2 Å². The van der Waals surface area contributed by atoms with Crippen LogP contribution in [0.4, 0.5) is 0 Å². The zero-order chi connectivity index (χ0) is 45.6. The van der Waals surface area contributed by atoms with E-state index in [1.54, 1.807) is 61.5 Å². The zero-order valence-electron chi connectivity index (χ0n) is 36.5. The molecular formula is C45H61N9O8. The Morgan fingerprint density at radius 3 is 2.16 bits per heavy atom. The van der Waals surface area contributed by atoms with Gasteiger partial charge in [0, 0.05) is 43.2 Å². The number of ether oxygens (including phenoxy) is 3. The van der Waals surface area contributed by atoms with Gasteiger partial charge in [-0.05, 0) is 97.8 Å². The molecule has 334 valence electrons. The molecule has 4 rings (SSSR count). The number of benzene rings is 3. The second kappa shape index (κ2) is 22.6. The van der Waals surface area contributed by atoms with E-state index >= 15 is 0 Å². The average molecular weight is 856 g/mol. The zero-order valence-corrected chi connectivity index (χ0v) is 36.5. The molecule has 17 heteroatoms. The van der Waals surface area contributed by atoms with E-state index in [2.05, 4.69) is 42.0 Å². The van der Waals surface area contributed by atoms with Crippen molar-refractivity contribution >= 4 is 29.5 Å². The number of nitrogens with two attached hydrogens (primary N) is 3. The number of carbonyl (C=O) groups is 5. The van der Waals surface area contributed by atoms with Crippen molar-refractivity contribution in [1.29, 1.82) is 5.26 Å². The number of nitrogens with zero attached hydrogens (tertiary/aromatic N) is 2. The van der Waals surface area contributed by atoms with Gasteiger partial charge in [-0.3, -0.25) is 24.0 Å². The SMILES string of the molecule is Cc1cc(OCCC(C)(C)C)ccc1C(=O)N[C@@H](CCN)C(=O)N(C)[C@@H]1C(=O)N[C@@H](C)C(=O)N[C@H](C(=O)NCC#N)Cc2ccc(OCCN)c(c2)-c2cc1ccc2OCCN. The largest absolute Gasteiger partial charge is 0.494 e. The molecule has 5 amide bonds. The highest BCUT2D eigenvalue weighted by molar-refractivity contribution is 6.00. The molecule has 0 unspecified atom stereocenters. The van der Waals surface area contributed by atoms with Crippen LogP contribution in [0, 0.1) is 23.7 Å². The number of nitriles is 1. The van der Waals surface area contributed by atoms with Crippen molar-refractivity contribution in [3.8, 4) is 34.4 Å². The summed E-state index contributed by atoms with van der Waals surface area (Å²) in [7, 11) is 1.43. The molecule has 4 bridgehead atoms. The van der Waals surface area contributed by atoms with Gasteiger partial charge in [-0.15, -0.1) is 0 Å². The van der Waals surface area contributed by atoms with Gasteiger partial charge in [0.05, 0.1) is 12.7 Å². The predicted octanol–water partition coefficient (Wildman–Crippen LogP) is 1.98. The Morgan fingerprint density at radius 1 is 0.887 bits per heavy atom. The molecule has 1 aliphatic rings. The number of rotatable bonds is 17. The summed E-state index contributed by atoms with van der Waals surface area (Å²) in [6.45, 7) is 10.5. The topological polar surface area (TPSA) is 266 Å². The van der Waals surface area contributed by atoms with Crippen LogP contribution in [0.15, 0.2) is 54.6 Å². The van der Waals surface area contributed by atoms with Crippen LogP contribution < -0.4 is 52.7 Å². The maximum absolute atomic E-state index is 14.6. The van der Waals surface area contributed by atoms with Crippen molar-refractivity contribution in [1.82, 2.24) is 26.2 Å². The predicted molar refractivity (Wildman–Crippen MR) is 234 cm³/mol. The molecular weight excluding hydrogens is 795 g/mol. The molecule has 0 saturated carbocycles. The first kappa shape index (κ1) is 48.4. The van der Waals surface area contributed by atoms with E-state index in [0.717, 1.165) is 6.42 Å². The fourth-order valence-electron chi connectivity index (χ4n) is 6.82. The minimum Gasteiger partial charge on any atom is -0.494 e. The molecule has 0 spiro atoms. The van der Waals surface area contributed by atoms with Crippen LogP contribution in [0.25, 0.3) is 11.1 Å². The molecule has 4 atom stereocenters. The van der Waals surface area contributed by atoms with Crippen LogP contribution in [0.5, 0.6) is 17.2 Å². The van der Waals surface area contributed by atoms with E-state index in [9.17, 15) is 24.0 Å². The lowest BCUT2D eigenvalue weighted by molar-refractivity contribution is -0.141. The summed E-state index contributed by atoms with van der Waals surface area (Å²) >= 11 is 0. The Labute approximate surface area is 363 Å². The average Bonchev–Trinajstić information content (AvgIpc) is 3.23. The maximum atomic E-state index is 14.6. The van der Waals surface area contributed by atoms with E-state index in [-0.39, 0.29) is 57.6 Å². The van der Waals surface area contributed by atoms with E-state index in [4.69, 9.17) is 36.7 Å². The Bertz CT molecular complexity index is 2120. The number of amides is 5. The highest BCUT2D eigenvalue weighted by Crippen LogP contribution is 2.40. The van der Waals surface area contributed by atoms with Gasteiger partial charge in [-0.1, -0.05) is 32.9 Å². The van der Waals surface area contributed by atoms with E-state index < -0.39 is 53.7 Å². The van der Waals surface area contributed by atoms with Gasteiger partial charge in [-0.25, -0.2) is 0 Å². The molecule has 3 aromatic rings. The van der Waals surface area contributed by atoms with Gasteiger partial charge < -0.3 is 57.6 Å². The fourth-order valence-corrected chi connectivity index (χ4v) is 6.82. The number of aryl methyl sites for hydroxylation is 1. The van der Waals surface area contributed by atoms with Crippen LogP contribution in [0.1, 0.15) is 73.6 Å². The summed E-state index contributed by atoms with van der Waals surface area (Å²) in [6.07, 6.45) is 0.885. The number of nitrogens with one attached hydrogen (secondary N) is 4. The van der Waals surface area contributed by atoms with Gasteiger partial charge in [0.15, 0.2) is 0 Å². The lowest BCUT2D eigenvalue weighted by Gasteiger charge is -2.32. The number of hydrogen-bond acceptors (Lipinski definition) is 12. The molecule has 1 aliphatic heterocycles. The number of hydrogen-bond donors (Lipinski definition) is 7. The Morgan fingerprint density at radius 2 is 1.55 bits per heavy atom. The summed E-state index contributed by atoms with van der Waals surface area (Å²) in [5, 5.41) is 19.9. The first-order valence-corrected chi connectivity index (χ1v) is 20.7. The van der Waals surface area contributed by atoms with Gasteiger partial charge in [-0.2, -0.15) is 5.26 Å². The fraction of sp³-hybridized carbons (Fsp3) is 0.467. The minimum atomic E-state index is -1.38. The summed E-state index contributed by atoms with van der Waals surface area (Å²) in [6, 6.07) is 12.3. The van der Waals surface area contributed by atoms with Crippen LogP contribution in [0.2, 0.25) is 0 Å². The molecule has 3 aromatic carbocycles. The monoisotopic (exact) mass is 855 g/mol. The third kappa shape index (κ3) is 13.1. The summed E-state index contributed by atoms with van der Waals surface area (Å²) in [5.74, 6) is -1.80. The number of carbonyl (C=O) groups excluding carboxylic acids is 5. The Kier molecular flexibility index (Phi) is 17.6. The summed E-state index contributed by atoms with van der Waals surface area (Å²) in [5.41, 5.74) is 20.6. The summed E-state index contributed by atoms with van der Waals surface area (Å²) in [4.78, 5) is 71.0. The summed E-state index contributed by atoms with van der Waals surface area (Å²) < 4.78 is 18.1. The Balaban J connectivity index is 1.80. The molecule has 1 heterocycles. The lowest BCUT2D eigenvalue weighted by atomic mass is 9.93. The standard InChI is InChI=1S/C45H61N9O8/c1-27-23-31(60-20-14-45(3,4)5)9-10-32(27)41(56)52-35(13-15-46)44(59)54(6)39-30-8-12-38(62-22-18-49)34(26-30)33-24-29(7-11-37(33)61-21-17-48)25-36(42(57)50-19-16-47)53-40(55)28(2)51-43(39)58/h7-12,23-24,26,28,35-36,39H,13-15,17-22,25,46,48-49H2,1-6H3,(H,50,57)(H,51,58)(H,52,56)(H,53,55)/t28-,35-,36-,39-/m0/s1. The van der Waals surface area contributed by atoms with Crippen molar-refractivity contribution in [3.63, 3.8) is 0 Å². The van der Waals surface area contributed by atoms with Gasteiger partial charge >= 0.3 is 0 Å². The molecule has 0 saturated heterocycles. The van der Waals surface area contributed by atoms with Gasteiger partial charge in [0.25, 0.3) is 5.91 Å². The molecule has 0 aromatic heterocycles. The van der Waals surface area contributed by atoms with Crippen molar-refractivity contribution in [2.24, 2.45) is 22.6 Å². The van der Waals surface area contributed by atoms with Crippen LogP contribution in [0.3, 0.4) is 0 Å². The third-order valence-corrected chi connectivity index (χ3v) is 10.2. The first-order chi connectivity index (χ1) is 29.5. The van der Waals surface area contributed by atoms with Gasteiger partial charge in [0.1, 0.15) is 61.2 Å². The highest BCUT2D eigenvalue weighted by Gasteiger charge is 2.36. The quantitative estimate of drug-likeness (QED) is 0.0962. The van der Waals surface area contributed by atoms with Crippen LogP contribution in [-0.4, -0.2) is 106 Å². The van der Waals surface area contributed by atoms with Crippen molar-refractivity contribution in [3.05, 3.63) is 76.9 Å². The number of fused-ring (bicyclic) bond motifs is 5. The Hall–Kier alpha value is -6.22. The molecule has 10 N–H and O–H groups in total. The maximum Gasteiger partial charge on any atom is 0.252 e. The van der Waals surface area contributed by atoms with Crippen molar-refractivity contribution < 1.29 is 38.2 Å². The van der Waals surface area contributed by atoms with E-state index in [1.165, 1.54) is 18.9 Å². The normalized spacial score (nSPS) is 16.9. The minimum absolute atomic E-state index is 0.00945. The van der Waals surface area contributed by atoms with Crippen molar-refractivity contribution in [2.75, 3.05) is 53.0 Å². The smallest absolute Gasteiger partial charge is 0.252 e. The highest BCUT2D eigenvalue weighted by atomic mass is 16.5. The molecule has 0 fully saturated rings. The second-order valence-electron chi connectivity index (χ2n) is 16.3. The second-order valence-corrected chi connectivity index (χ2v) is 16.3. The van der Waals surface area contributed by atoms with Crippen LogP contribution >= 0.6 is 0 Å². The van der Waals surface area contributed by atoms with Crippen LogP contribution in [-0.2, 0) is 25.6 Å². The van der Waals surface area contributed by atoms with E-state index in [1.807, 2.05) is 6.07 Å². The number of likely N-dealkylation sites (N-methyl/N-ethyl adjacent to an activating group) is 1. The lowest BCUT2D eigenvalue weighted by Crippen LogP contribution is -2.56. The third-order valence-electron chi connectivity index (χ3n) is 10.2. The van der Waals surface area contributed by atoms with Gasteiger partial charge in [0.2, 0.25) is 23.6 Å².